The first-order chi connectivity index (χ1) is 20.0. The fourth-order valence-corrected chi connectivity index (χ4v) is 6.77. The molecule has 0 saturated heterocycles. The molecular formula is C30H41ClN4O6S. The average molecular weight is 621 g/mol. The first kappa shape index (κ1) is 32.1. The fourth-order valence-electron chi connectivity index (χ4n) is 5.46. The first-order valence-electron chi connectivity index (χ1n) is 14.5. The average Bonchev–Trinajstić information content (AvgIpc) is 3.00. The van der Waals surface area contributed by atoms with Gasteiger partial charge in [-0.15, -0.1) is 0 Å². The number of aliphatic hydroxyl groups excluding tert-OH is 1. The van der Waals surface area contributed by atoms with Crippen LogP contribution in [0.4, 0.5) is 10.5 Å². The van der Waals surface area contributed by atoms with Crippen LogP contribution in [0.15, 0.2) is 47.4 Å². The number of rotatable bonds is 8. The lowest BCUT2D eigenvalue weighted by atomic mass is 9.96. The monoisotopic (exact) mass is 620 g/mol. The quantitative estimate of drug-likeness (QED) is 0.405. The zero-order chi connectivity index (χ0) is 30.4. The van der Waals surface area contributed by atoms with Crippen LogP contribution in [0.1, 0.15) is 51.5 Å². The van der Waals surface area contributed by atoms with Crippen LogP contribution in [-0.4, -0.2) is 79.6 Å². The maximum absolute atomic E-state index is 13.5. The number of benzene rings is 2. The molecule has 4 rings (SSSR count). The molecule has 2 aromatic rings. The van der Waals surface area contributed by atoms with Crippen molar-refractivity contribution < 1.29 is 27.9 Å². The number of fused-ring (bicyclic) bond motifs is 1. The number of urea groups is 1. The van der Waals surface area contributed by atoms with Gasteiger partial charge in [-0.1, -0.05) is 37.8 Å². The van der Waals surface area contributed by atoms with Gasteiger partial charge in [0, 0.05) is 41.8 Å². The van der Waals surface area contributed by atoms with Gasteiger partial charge in [0.2, 0.25) is 15.9 Å². The molecule has 3 N–H and O–H groups in total. The minimum atomic E-state index is -3.84. The number of sulfonamides is 1. The molecule has 1 heterocycles. The van der Waals surface area contributed by atoms with Crippen molar-refractivity contribution in [3.63, 3.8) is 0 Å². The van der Waals surface area contributed by atoms with Gasteiger partial charge < -0.3 is 25.4 Å². The highest BCUT2D eigenvalue weighted by Gasteiger charge is 2.33. The van der Waals surface area contributed by atoms with Crippen LogP contribution in [0.3, 0.4) is 0 Å². The number of carbonyl (C=O) groups is 2. The van der Waals surface area contributed by atoms with Crippen LogP contribution >= 0.6 is 11.6 Å². The largest absolute Gasteiger partial charge is 0.488 e. The van der Waals surface area contributed by atoms with Gasteiger partial charge in [0.05, 0.1) is 30.5 Å². The Kier molecular flexibility index (Phi) is 10.7. The second-order valence-corrected chi connectivity index (χ2v) is 13.9. The number of nitrogens with one attached hydrogen (secondary N) is 2. The predicted octanol–water partition coefficient (Wildman–Crippen LogP) is 4.26. The van der Waals surface area contributed by atoms with E-state index in [1.54, 1.807) is 30.0 Å². The van der Waals surface area contributed by atoms with Crippen molar-refractivity contribution in [3.8, 4) is 5.75 Å². The second kappa shape index (κ2) is 14.1. The molecule has 1 fully saturated rings. The van der Waals surface area contributed by atoms with Crippen LogP contribution in [0.2, 0.25) is 5.02 Å². The third-order valence-electron chi connectivity index (χ3n) is 8.07. The number of carbonyl (C=O) groups excluding carboxylic acids is 2. The van der Waals surface area contributed by atoms with Gasteiger partial charge in [0.1, 0.15) is 11.9 Å². The Bertz CT molecular complexity index is 1350. The normalized spacial score (nSPS) is 21.0. The topological polar surface area (TPSA) is 128 Å². The summed E-state index contributed by atoms with van der Waals surface area (Å²) in [4.78, 5) is 27.9. The van der Waals surface area contributed by atoms with Gasteiger partial charge in [-0.3, -0.25) is 4.79 Å². The Labute approximate surface area is 253 Å². The zero-order valence-electron chi connectivity index (χ0n) is 24.4. The van der Waals surface area contributed by atoms with E-state index in [-0.39, 0.29) is 54.9 Å². The summed E-state index contributed by atoms with van der Waals surface area (Å²) in [6.45, 7) is 3.73. The molecule has 1 aliphatic heterocycles. The molecule has 3 atom stereocenters. The summed E-state index contributed by atoms with van der Waals surface area (Å²) in [7, 11) is -2.35. The minimum Gasteiger partial charge on any atom is -0.488 e. The molecule has 0 spiro atoms. The van der Waals surface area contributed by atoms with E-state index in [1.807, 2.05) is 6.92 Å². The van der Waals surface area contributed by atoms with E-state index in [1.165, 1.54) is 42.0 Å². The van der Waals surface area contributed by atoms with Crippen molar-refractivity contribution in [1.82, 2.24) is 14.5 Å². The van der Waals surface area contributed by atoms with E-state index in [0.29, 0.717) is 22.0 Å². The molecule has 1 saturated carbocycles. The lowest BCUT2D eigenvalue weighted by Crippen LogP contribution is -2.48. The number of nitrogens with zero attached hydrogens (tertiary/aromatic N) is 2. The Morgan fingerprint density at radius 2 is 1.86 bits per heavy atom. The number of aliphatic hydroxyl groups is 1. The molecule has 0 radical (unpaired) electrons. The van der Waals surface area contributed by atoms with E-state index in [4.69, 9.17) is 16.3 Å². The standard InChI is InChI=1S/C30H41ClN4O6S/c1-20-17-35(21(2)19-36)29(37)16-22-15-25(33-30(38)32-24-7-5-4-6-8-24)11-14-27(22)41-28(20)18-34(3)42(39,40)26-12-9-23(31)10-13-26/h9-15,20-21,24,28,36H,4-8,16-19H2,1-3H3,(H2,32,33,38)/t20-,21+,28-/m0/s1. The van der Waals surface area contributed by atoms with E-state index < -0.39 is 22.2 Å². The van der Waals surface area contributed by atoms with E-state index in [2.05, 4.69) is 10.6 Å². The molecule has 0 aromatic heterocycles. The lowest BCUT2D eigenvalue weighted by molar-refractivity contribution is -0.134. The SMILES string of the molecule is C[C@H](CO)N1C[C@H](C)[C@H](CN(C)S(=O)(=O)c2ccc(Cl)cc2)Oc2ccc(NC(=O)NC3CCCCC3)cc2CC1=O. The van der Waals surface area contributed by atoms with Crippen molar-refractivity contribution in [2.75, 3.05) is 32.1 Å². The van der Waals surface area contributed by atoms with Crippen LogP contribution in [-0.2, 0) is 21.2 Å². The highest BCUT2D eigenvalue weighted by molar-refractivity contribution is 7.89. The summed E-state index contributed by atoms with van der Waals surface area (Å²) in [6, 6.07) is 10.5. The van der Waals surface area contributed by atoms with Crippen molar-refractivity contribution in [2.24, 2.45) is 5.92 Å². The van der Waals surface area contributed by atoms with Crippen molar-refractivity contribution >= 4 is 39.2 Å². The Hall–Kier alpha value is -2.86. The van der Waals surface area contributed by atoms with Gasteiger partial charge in [0.15, 0.2) is 0 Å². The predicted molar refractivity (Wildman–Crippen MR) is 162 cm³/mol. The summed E-state index contributed by atoms with van der Waals surface area (Å²) in [6.07, 6.45) is 4.68. The fraction of sp³-hybridized carbons (Fsp3) is 0.533. The van der Waals surface area contributed by atoms with Crippen molar-refractivity contribution in [3.05, 3.63) is 53.1 Å². The summed E-state index contributed by atoms with van der Waals surface area (Å²) in [5.74, 6) is -0.0371. The highest BCUT2D eigenvalue weighted by atomic mass is 35.5. The summed E-state index contributed by atoms with van der Waals surface area (Å²) in [5, 5.41) is 16.2. The van der Waals surface area contributed by atoms with Gasteiger partial charge in [-0.25, -0.2) is 13.2 Å². The van der Waals surface area contributed by atoms with Gasteiger partial charge in [0.25, 0.3) is 0 Å². The van der Waals surface area contributed by atoms with Crippen molar-refractivity contribution in [2.45, 2.75) is 75.5 Å². The van der Waals surface area contributed by atoms with Crippen LogP contribution < -0.4 is 15.4 Å². The molecule has 1 aliphatic carbocycles. The molecule has 0 bridgehead atoms. The minimum absolute atomic E-state index is 0.00219. The molecule has 2 aliphatic rings. The third kappa shape index (κ3) is 7.94. The first-order valence-corrected chi connectivity index (χ1v) is 16.3. The maximum atomic E-state index is 13.5. The van der Waals surface area contributed by atoms with E-state index >= 15 is 0 Å². The van der Waals surface area contributed by atoms with Gasteiger partial charge in [-0.05, 0) is 62.2 Å². The number of ether oxygens (including phenoxy) is 1. The molecule has 230 valence electrons. The number of amides is 3. The van der Waals surface area contributed by atoms with Crippen LogP contribution in [0.25, 0.3) is 0 Å². The number of hydrogen-bond donors (Lipinski definition) is 3. The summed E-state index contributed by atoms with van der Waals surface area (Å²) < 4.78 is 34.4. The van der Waals surface area contributed by atoms with Gasteiger partial charge in [-0.2, -0.15) is 4.31 Å². The summed E-state index contributed by atoms with van der Waals surface area (Å²) in [5.41, 5.74) is 1.08. The number of halogens is 1. The maximum Gasteiger partial charge on any atom is 0.319 e. The third-order valence-corrected chi connectivity index (χ3v) is 10.2. The Morgan fingerprint density at radius 3 is 2.52 bits per heavy atom. The van der Waals surface area contributed by atoms with Gasteiger partial charge >= 0.3 is 6.03 Å². The smallest absolute Gasteiger partial charge is 0.319 e. The van der Waals surface area contributed by atoms with Crippen LogP contribution in [0, 0.1) is 5.92 Å². The molecule has 2 aromatic carbocycles. The van der Waals surface area contributed by atoms with Crippen molar-refractivity contribution in [1.29, 1.82) is 0 Å². The molecule has 3 amide bonds. The molecule has 0 unspecified atom stereocenters. The Morgan fingerprint density at radius 1 is 1.17 bits per heavy atom. The molecule has 10 nitrogen and oxygen atoms in total. The second-order valence-electron chi connectivity index (χ2n) is 11.4. The summed E-state index contributed by atoms with van der Waals surface area (Å²) >= 11 is 5.95. The zero-order valence-corrected chi connectivity index (χ0v) is 26.0. The number of anilines is 1. The highest BCUT2D eigenvalue weighted by Crippen LogP contribution is 2.30. The molecular weight excluding hydrogens is 580 g/mol. The number of hydrogen-bond acceptors (Lipinski definition) is 6. The van der Waals surface area contributed by atoms with E-state index in [9.17, 15) is 23.1 Å². The van der Waals surface area contributed by atoms with Crippen LogP contribution in [0.5, 0.6) is 5.75 Å². The Balaban J connectivity index is 1.59. The lowest BCUT2D eigenvalue weighted by Gasteiger charge is -2.33. The van der Waals surface area contributed by atoms with E-state index in [0.717, 1.165) is 25.7 Å². The number of likely N-dealkylation sites (N-methyl/N-ethyl adjacent to an activating group) is 1. The molecule has 12 heteroatoms. The molecule has 42 heavy (non-hydrogen) atoms.